The number of aromatic nitrogens is 3. The second-order valence-electron chi connectivity index (χ2n) is 7.60. The molecular weight excluding hydrogens is 474 g/mol. The van der Waals surface area contributed by atoms with Gasteiger partial charge in [0.05, 0.1) is 18.2 Å². The molecule has 2 aromatic carbocycles. The molecule has 0 saturated heterocycles. The van der Waals surface area contributed by atoms with Crippen molar-refractivity contribution < 1.29 is 14.3 Å². The molecular formula is C24H24ClN5O3S. The van der Waals surface area contributed by atoms with Crippen LogP contribution in [0.5, 0.6) is 0 Å². The number of ether oxygens (including phenoxy) is 1. The number of amides is 2. The molecule has 34 heavy (non-hydrogen) atoms. The molecule has 1 atom stereocenters. The van der Waals surface area contributed by atoms with Crippen molar-refractivity contribution in [1.29, 1.82) is 0 Å². The van der Waals surface area contributed by atoms with E-state index in [4.69, 9.17) is 16.3 Å². The van der Waals surface area contributed by atoms with E-state index in [-0.39, 0.29) is 6.61 Å². The second kappa shape index (κ2) is 10.8. The van der Waals surface area contributed by atoms with E-state index in [1.165, 1.54) is 11.8 Å². The number of urea groups is 1. The number of esters is 1. The van der Waals surface area contributed by atoms with Crippen LogP contribution >= 0.6 is 23.4 Å². The molecule has 0 aliphatic carbocycles. The highest BCUT2D eigenvalue weighted by Crippen LogP contribution is 2.31. The molecule has 1 aromatic heterocycles. The van der Waals surface area contributed by atoms with Gasteiger partial charge in [-0.3, -0.25) is 0 Å². The predicted molar refractivity (Wildman–Crippen MR) is 130 cm³/mol. The van der Waals surface area contributed by atoms with E-state index in [1.54, 1.807) is 31.2 Å². The lowest BCUT2D eigenvalue weighted by Gasteiger charge is -2.29. The Labute approximate surface area is 206 Å². The average molecular weight is 498 g/mol. The van der Waals surface area contributed by atoms with Crippen LogP contribution in [0.2, 0.25) is 5.02 Å². The van der Waals surface area contributed by atoms with E-state index in [0.717, 1.165) is 17.0 Å². The standard InChI is InChI=1S/C24H24ClN5O3S/c1-3-33-22(31)20-18(26-23(32)27-21(20)16-9-11-17(25)12-10-16)14-34-24-29-28-19(30(24)2)13-15-7-5-4-6-8-15/h4-12,21H,3,13-14H2,1-2H3,(H2,26,27,32). The van der Waals surface area contributed by atoms with Gasteiger partial charge in [-0.2, -0.15) is 0 Å². The van der Waals surface area contributed by atoms with Crippen LogP contribution < -0.4 is 10.6 Å². The molecule has 0 bridgehead atoms. The number of hydrogen-bond acceptors (Lipinski definition) is 6. The largest absolute Gasteiger partial charge is 0.463 e. The van der Waals surface area contributed by atoms with Gasteiger partial charge in [0.25, 0.3) is 0 Å². The van der Waals surface area contributed by atoms with Crippen LogP contribution in [0.15, 0.2) is 71.0 Å². The monoisotopic (exact) mass is 497 g/mol. The minimum atomic E-state index is -0.659. The molecule has 2 heterocycles. The van der Waals surface area contributed by atoms with Crippen molar-refractivity contribution in [2.24, 2.45) is 7.05 Å². The van der Waals surface area contributed by atoms with Crippen LogP contribution in [-0.2, 0) is 23.0 Å². The summed E-state index contributed by atoms with van der Waals surface area (Å²) < 4.78 is 7.23. The normalized spacial score (nSPS) is 15.6. The SMILES string of the molecule is CCOC(=O)C1=C(CSc2nnc(Cc3ccccc3)n2C)NC(=O)NC1c1ccc(Cl)cc1. The summed E-state index contributed by atoms with van der Waals surface area (Å²) in [6.45, 7) is 1.96. The third kappa shape index (κ3) is 5.43. The van der Waals surface area contributed by atoms with Crippen LogP contribution in [0.25, 0.3) is 0 Å². The zero-order valence-electron chi connectivity index (χ0n) is 18.7. The van der Waals surface area contributed by atoms with Crippen molar-refractivity contribution in [3.63, 3.8) is 0 Å². The van der Waals surface area contributed by atoms with Gasteiger partial charge in [0.2, 0.25) is 0 Å². The number of hydrogen-bond donors (Lipinski definition) is 2. The van der Waals surface area contributed by atoms with Crippen molar-refractivity contribution in [3.8, 4) is 0 Å². The van der Waals surface area contributed by atoms with Gasteiger partial charge in [-0.15, -0.1) is 10.2 Å². The van der Waals surface area contributed by atoms with Crippen LogP contribution in [-0.4, -0.2) is 39.1 Å². The summed E-state index contributed by atoms with van der Waals surface area (Å²) in [6, 6.07) is 16.0. The Morgan fingerprint density at radius 2 is 1.88 bits per heavy atom. The molecule has 4 rings (SSSR count). The molecule has 0 spiro atoms. The Kier molecular flexibility index (Phi) is 7.54. The predicted octanol–water partition coefficient (Wildman–Crippen LogP) is 4.02. The number of rotatable bonds is 8. The van der Waals surface area contributed by atoms with Crippen LogP contribution in [0.4, 0.5) is 4.79 Å². The van der Waals surface area contributed by atoms with Crippen molar-refractivity contribution >= 4 is 35.4 Å². The molecule has 0 saturated carbocycles. The van der Waals surface area contributed by atoms with Gasteiger partial charge in [-0.1, -0.05) is 65.8 Å². The van der Waals surface area contributed by atoms with Crippen molar-refractivity contribution in [2.45, 2.75) is 24.5 Å². The summed E-state index contributed by atoms with van der Waals surface area (Å²) in [7, 11) is 1.90. The fraction of sp³-hybridized carbons (Fsp3) is 0.250. The van der Waals surface area contributed by atoms with Gasteiger partial charge < -0.3 is 19.9 Å². The van der Waals surface area contributed by atoms with Crippen LogP contribution in [0.3, 0.4) is 0 Å². The minimum Gasteiger partial charge on any atom is -0.463 e. The van der Waals surface area contributed by atoms with Crippen LogP contribution in [0, 0.1) is 0 Å². The first-order chi connectivity index (χ1) is 16.5. The Morgan fingerprint density at radius 3 is 2.59 bits per heavy atom. The summed E-state index contributed by atoms with van der Waals surface area (Å²) in [6.07, 6.45) is 0.654. The van der Waals surface area contributed by atoms with E-state index in [0.29, 0.717) is 33.6 Å². The number of benzene rings is 2. The Balaban J connectivity index is 1.60. The maximum Gasteiger partial charge on any atom is 0.338 e. The quantitative estimate of drug-likeness (QED) is 0.360. The van der Waals surface area contributed by atoms with Gasteiger partial charge in [-0.25, -0.2) is 9.59 Å². The first-order valence-electron chi connectivity index (χ1n) is 10.7. The zero-order valence-corrected chi connectivity index (χ0v) is 20.3. The summed E-state index contributed by atoms with van der Waals surface area (Å²) in [5.41, 5.74) is 2.69. The molecule has 10 heteroatoms. The number of nitrogens with zero attached hydrogens (tertiary/aromatic N) is 3. The molecule has 3 aromatic rings. The van der Waals surface area contributed by atoms with E-state index in [2.05, 4.69) is 20.8 Å². The first kappa shape index (κ1) is 23.8. The van der Waals surface area contributed by atoms with Gasteiger partial charge >= 0.3 is 12.0 Å². The summed E-state index contributed by atoms with van der Waals surface area (Å²) in [5, 5.41) is 15.5. The number of nitrogens with one attached hydrogen (secondary N) is 2. The second-order valence-corrected chi connectivity index (χ2v) is 8.98. The summed E-state index contributed by atoms with van der Waals surface area (Å²) >= 11 is 7.41. The third-order valence-corrected chi connectivity index (χ3v) is 6.63. The highest BCUT2D eigenvalue weighted by molar-refractivity contribution is 7.99. The third-order valence-electron chi connectivity index (χ3n) is 5.33. The summed E-state index contributed by atoms with van der Waals surface area (Å²) in [5.74, 6) is 0.637. The highest BCUT2D eigenvalue weighted by atomic mass is 35.5. The number of thioether (sulfide) groups is 1. The Morgan fingerprint density at radius 1 is 1.15 bits per heavy atom. The number of carbonyl (C=O) groups excluding carboxylic acids is 2. The van der Waals surface area contributed by atoms with E-state index in [1.807, 2.05) is 41.9 Å². The molecule has 176 valence electrons. The molecule has 0 radical (unpaired) electrons. The maximum absolute atomic E-state index is 12.9. The van der Waals surface area contributed by atoms with E-state index >= 15 is 0 Å². The molecule has 2 amide bonds. The van der Waals surface area contributed by atoms with Crippen molar-refractivity contribution in [1.82, 2.24) is 25.4 Å². The fourth-order valence-electron chi connectivity index (χ4n) is 3.63. The average Bonchev–Trinajstić information content (AvgIpc) is 3.17. The maximum atomic E-state index is 12.9. The van der Waals surface area contributed by atoms with Gasteiger partial charge in [-0.05, 0) is 30.2 Å². The van der Waals surface area contributed by atoms with Crippen molar-refractivity contribution in [3.05, 3.63) is 87.8 Å². The molecule has 0 fully saturated rings. The smallest absolute Gasteiger partial charge is 0.338 e. The molecule has 1 unspecified atom stereocenters. The lowest BCUT2D eigenvalue weighted by molar-refractivity contribution is -0.139. The molecule has 1 aliphatic heterocycles. The highest BCUT2D eigenvalue weighted by Gasteiger charge is 2.33. The lowest BCUT2D eigenvalue weighted by atomic mass is 9.95. The summed E-state index contributed by atoms with van der Waals surface area (Å²) in [4.78, 5) is 25.4. The Hall–Kier alpha value is -3.30. The van der Waals surface area contributed by atoms with Gasteiger partial charge in [0.15, 0.2) is 5.16 Å². The zero-order chi connectivity index (χ0) is 24.1. The molecule has 8 nitrogen and oxygen atoms in total. The van der Waals surface area contributed by atoms with Crippen molar-refractivity contribution in [2.75, 3.05) is 12.4 Å². The fourth-order valence-corrected chi connectivity index (χ4v) is 4.65. The van der Waals surface area contributed by atoms with Gasteiger partial charge in [0, 0.05) is 29.9 Å². The minimum absolute atomic E-state index is 0.218. The Bertz CT molecular complexity index is 1210. The lowest BCUT2D eigenvalue weighted by Crippen LogP contribution is -2.46. The topological polar surface area (TPSA) is 98.1 Å². The number of carbonyl (C=O) groups is 2. The van der Waals surface area contributed by atoms with Gasteiger partial charge in [0.1, 0.15) is 5.82 Å². The van der Waals surface area contributed by atoms with E-state index < -0.39 is 18.0 Å². The number of halogens is 1. The van der Waals surface area contributed by atoms with Crippen LogP contribution in [0.1, 0.15) is 29.9 Å². The van der Waals surface area contributed by atoms with E-state index in [9.17, 15) is 9.59 Å². The first-order valence-corrected chi connectivity index (χ1v) is 12.1. The molecule has 2 N–H and O–H groups in total. The molecule has 1 aliphatic rings.